The van der Waals surface area contributed by atoms with Crippen molar-refractivity contribution in [1.29, 1.82) is 0 Å². The van der Waals surface area contributed by atoms with Gasteiger partial charge in [0.2, 0.25) is 15.9 Å². The van der Waals surface area contributed by atoms with E-state index in [4.69, 9.17) is 0 Å². The highest BCUT2D eigenvalue weighted by Crippen LogP contribution is 2.28. The fourth-order valence-corrected chi connectivity index (χ4v) is 3.94. The number of amides is 1. The van der Waals surface area contributed by atoms with Crippen molar-refractivity contribution >= 4 is 27.3 Å². The summed E-state index contributed by atoms with van der Waals surface area (Å²) >= 11 is 0. The van der Waals surface area contributed by atoms with Gasteiger partial charge in [-0.3, -0.25) is 9.10 Å². The zero-order chi connectivity index (χ0) is 19.5. The summed E-state index contributed by atoms with van der Waals surface area (Å²) in [5.74, 6) is -0.368. The number of para-hydroxylation sites is 1. The van der Waals surface area contributed by atoms with Crippen molar-refractivity contribution < 1.29 is 13.2 Å². The highest BCUT2D eigenvalue weighted by molar-refractivity contribution is 7.92. The van der Waals surface area contributed by atoms with Crippen molar-refractivity contribution in [2.75, 3.05) is 22.4 Å². The number of carbonyl (C=O) groups is 1. The van der Waals surface area contributed by atoms with Crippen LogP contribution < -0.4 is 9.62 Å². The summed E-state index contributed by atoms with van der Waals surface area (Å²) in [6, 6.07) is 11.4. The monoisotopic (exact) mass is 374 g/mol. The second-order valence-electron chi connectivity index (χ2n) is 6.57. The number of sulfonamides is 1. The van der Waals surface area contributed by atoms with Gasteiger partial charge in [-0.25, -0.2) is 8.42 Å². The van der Waals surface area contributed by atoms with Gasteiger partial charge in [-0.2, -0.15) is 0 Å². The first kappa shape index (κ1) is 20.0. The third-order valence-corrected chi connectivity index (χ3v) is 5.41. The summed E-state index contributed by atoms with van der Waals surface area (Å²) in [6.07, 6.45) is 1.81. The maximum absolute atomic E-state index is 12.6. The summed E-state index contributed by atoms with van der Waals surface area (Å²) < 4.78 is 26.0. The number of nitrogens with zero attached hydrogens (tertiary/aromatic N) is 1. The minimum Gasteiger partial charge on any atom is -0.324 e. The molecule has 26 heavy (non-hydrogen) atoms. The Morgan fingerprint density at radius 1 is 1.08 bits per heavy atom. The number of nitrogens with one attached hydrogen (secondary N) is 1. The number of rotatable bonds is 6. The van der Waals surface area contributed by atoms with E-state index in [1.807, 2.05) is 64.1 Å². The highest BCUT2D eigenvalue weighted by Gasteiger charge is 2.24. The van der Waals surface area contributed by atoms with E-state index in [1.54, 1.807) is 0 Å². The van der Waals surface area contributed by atoms with Crippen LogP contribution in [0.1, 0.15) is 29.2 Å². The van der Waals surface area contributed by atoms with Crippen molar-refractivity contribution in [3.05, 3.63) is 58.7 Å². The van der Waals surface area contributed by atoms with E-state index in [1.165, 1.54) is 4.31 Å². The molecule has 0 bridgehead atoms. The molecule has 0 aromatic heterocycles. The van der Waals surface area contributed by atoms with Crippen LogP contribution in [0.2, 0.25) is 0 Å². The second kappa shape index (κ2) is 7.91. The maximum Gasteiger partial charge on any atom is 0.245 e. The minimum atomic E-state index is -3.60. The first-order valence-corrected chi connectivity index (χ1v) is 10.4. The maximum atomic E-state index is 12.6. The van der Waals surface area contributed by atoms with Gasteiger partial charge < -0.3 is 5.32 Å². The molecule has 0 saturated heterocycles. The van der Waals surface area contributed by atoms with E-state index >= 15 is 0 Å². The largest absolute Gasteiger partial charge is 0.324 e. The lowest BCUT2D eigenvalue weighted by atomic mass is 10.1. The molecular weight excluding hydrogens is 348 g/mol. The van der Waals surface area contributed by atoms with Crippen molar-refractivity contribution in [2.24, 2.45) is 0 Å². The summed E-state index contributed by atoms with van der Waals surface area (Å²) in [5.41, 5.74) is 5.05. The molecule has 2 rings (SSSR count). The Labute approximate surface area is 156 Å². The van der Waals surface area contributed by atoms with Gasteiger partial charge in [0.05, 0.1) is 11.9 Å². The lowest BCUT2D eigenvalue weighted by Crippen LogP contribution is -2.38. The average Bonchev–Trinajstić information content (AvgIpc) is 2.54. The van der Waals surface area contributed by atoms with E-state index in [0.29, 0.717) is 17.8 Å². The summed E-state index contributed by atoms with van der Waals surface area (Å²) in [5, 5.41) is 2.82. The molecule has 0 unspecified atom stereocenters. The van der Waals surface area contributed by atoms with E-state index in [-0.39, 0.29) is 12.5 Å². The van der Waals surface area contributed by atoms with Gasteiger partial charge in [0.1, 0.15) is 6.54 Å². The fraction of sp³-hybridized carbons (Fsp3) is 0.350. The van der Waals surface area contributed by atoms with E-state index in [0.717, 1.165) is 28.5 Å². The van der Waals surface area contributed by atoms with E-state index in [9.17, 15) is 13.2 Å². The van der Waals surface area contributed by atoms with Gasteiger partial charge in [-0.15, -0.1) is 0 Å². The van der Waals surface area contributed by atoms with Crippen molar-refractivity contribution in [3.8, 4) is 0 Å². The van der Waals surface area contributed by atoms with Crippen LogP contribution in [0, 0.1) is 20.8 Å². The third kappa shape index (κ3) is 4.64. The van der Waals surface area contributed by atoms with Crippen molar-refractivity contribution in [2.45, 2.75) is 34.1 Å². The Bertz CT molecular complexity index is 921. The molecule has 0 spiro atoms. The number of carbonyl (C=O) groups excluding carboxylic acids is 1. The zero-order valence-electron chi connectivity index (χ0n) is 16.0. The third-order valence-electron chi connectivity index (χ3n) is 4.30. The Morgan fingerprint density at radius 3 is 2.35 bits per heavy atom. The van der Waals surface area contributed by atoms with Crippen molar-refractivity contribution in [3.63, 3.8) is 0 Å². The number of anilines is 2. The van der Waals surface area contributed by atoms with Crippen LogP contribution in [0.3, 0.4) is 0 Å². The van der Waals surface area contributed by atoms with Crippen LogP contribution in [-0.4, -0.2) is 27.1 Å². The lowest BCUT2D eigenvalue weighted by Gasteiger charge is -2.26. The fourth-order valence-electron chi connectivity index (χ4n) is 3.00. The smallest absolute Gasteiger partial charge is 0.245 e. The molecule has 0 radical (unpaired) electrons. The standard InChI is InChI=1S/C20H26N2O3S/c1-6-17-9-7-8-15(3)20(17)22(26(5,24)25)13-19(23)21-18-11-10-14(2)12-16(18)4/h7-12H,6,13H2,1-5H3,(H,21,23). The molecule has 1 N–H and O–H groups in total. The van der Waals surface area contributed by atoms with Crippen molar-refractivity contribution in [1.82, 2.24) is 0 Å². The van der Waals surface area contributed by atoms with Crippen LogP contribution in [-0.2, 0) is 21.2 Å². The Kier molecular flexibility index (Phi) is 6.08. The molecule has 0 saturated carbocycles. The molecular formula is C20H26N2O3S. The molecule has 6 heteroatoms. The summed E-state index contributed by atoms with van der Waals surface area (Å²) in [6.45, 7) is 7.45. The summed E-state index contributed by atoms with van der Waals surface area (Å²) in [7, 11) is -3.60. The Morgan fingerprint density at radius 2 is 1.77 bits per heavy atom. The molecule has 5 nitrogen and oxygen atoms in total. The first-order valence-electron chi connectivity index (χ1n) is 8.56. The van der Waals surface area contributed by atoms with Crippen LogP contribution >= 0.6 is 0 Å². The Balaban J connectivity index is 2.34. The van der Waals surface area contributed by atoms with Gasteiger partial charge in [0.15, 0.2) is 0 Å². The lowest BCUT2D eigenvalue weighted by molar-refractivity contribution is -0.114. The van der Waals surface area contributed by atoms with Crippen LogP contribution in [0.4, 0.5) is 11.4 Å². The molecule has 0 aliphatic heterocycles. The molecule has 0 heterocycles. The molecule has 2 aromatic rings. The molecule has 0 aliphatic rings. The normalized spacial score (nSPS) is 11.3. The molecule has 0 fully saturated rings. The number of hydrogen-bond donors (Lipinski definition) is 1. The highest BCUT2D eigenvalue weighted by atomic mass is 32.2. The van der Waals surface area contributed by atoms with E-state index in [2.05, 4.69) is 5.32 Å². The van der Waals surface area contributed by atoms with E-state index < -0.39 is 10.0 Å². The molecule has 2 aromatic carbocycles. The molecule has 0 atom stereocenters. The molecule has 0 aliphatic carbocycles. The Hall–Kier alpha value is -2.34. The molecule has 1 amide bonds. The average molecular weight is 375 g/mol. The van der Waals surface area contributed by atoms with Gasteiger partial charge >= 0.3 is 0 Å². The number of benzene rings is 2. The van der Waals surface area contributed by atoms with Crippen LogP contribution in [0.5, 0.6) is 0 Å². The predicted molar refractivity (Wildman–Crippen MR) is 107 cm³/mol. The SMILES string of the molecule is CCc1cccc(C)c1N(CC(=O)Nc1ccc(C)cc1C)S(C)(=O)=O. The van der Waals surface area contributed by atoms with Gasteiger partial charge in [0.25, 0.3) is 0 Å². The number of hydrogen-bond acceptors (Lipinski definition) is 3. The number of aryl methyl sites for hydroxylation is 4. The predicted octanol–water partition coefficient (Wildman–Crippen LogP) is 3.58. The minimum absolute atomic E-state index is 0.260. The van der Waals surface area contributed by atoms with Gasteiger partial charge in [-0.1, -0.05) is 42.8 Å². The van der Waals surface area contributed by atoms with Crippen LogP contribution in [0.25, 0.3) is 0 Å². The second-order valence-corrected chi connectivity index (χ2v) is 8.48. The van der Waals surface area contributed by atoms with Gasteiger partial charge in [-0.05, 0) is 49.9 Å². The topological polar surface area (TPSA) is 66.5 Å². The zero-order valence-corrected chi connectivity index (χ0v) is 16.8. The summed E-state index contributed by atoms with van der Waals surface area (Å²) in [4.78, 5) is 12.6. The molecule has 140 valence electrons. The van der Waals surface area contributed by atoms with Crippen LogP contribution in [0.15, 0.2) is 36.4 Å². The quantitative estimate of drug-likeness (QED) is 0.840. The first-order chi connectivity index (χ1) is 12.1. The van der Waals surface area contributed by atoms with Gasteiger partial charge in [0, 0.05) is 5.69 Å².